The van der Waals surface area contributed by atoms with Gasteiger partial charge in [0, 0.05) is 48.7 Å². The molecular formula is C44H43F9N6O4. The number of allylic oxidation sites excluding steroid dienone is 5. The highest BCUT2D eigenvalue weighted by molar-refractivity contribution is 5.96. The van der Waals surface area contributed by atoms with Crippen molar-refractivity contribution in [1.82, 2.24) is 9.80 Å². The van der Waals surface area contributed by atoms with Gasteiger partial charge in [-0.2, -0.15) is 50.0 Å². The van der Waals surface area contributed by atoms with Gasteiger partial charge in [0.1, 0.15) is 17.7 Å². The molecule has 2 saturated heterocycles. The van der Waals surface area contributed by atoms with E-state index in [0.717, 1.165) is 12.8 Å². The van der Waals surface area contributed by atoms with Crippen LogP contribution in [-0.4, -0.2) is 66.4 Å². The number of nitrogens with zero attached hydrogens (tertiary/aromatic N) is 6. The second-order valence-electron chi connectivity index (χ2n) is 17.7. The van der Waals surface area contributed by atoms with Crippen molar-refractivity contribution in [3.05, 3.63) is 103 Å². The highest BCUT2D eigenvalue weighted by Crippen LogP contribution is 2.55. The third kappa shape index (κ3) is 8.98. The lowest BCUT2D eigenvalue weighted by Crippen LogP contribution is -2.57. The Kier molecular flexibility index (Phi) is 13.0. The van der Waals surface area contributed by atoms with Gasteiger partial charge >= 0.3 is 36.1 Å². The Bertz CT molecular complexity index is 2330. The zero-order valence-electron chi connectivity index (χ0n) is 35.0. The lowest BCUT2D eigenvalue weighted by atomic mass is 9.72. The molecule has 4 aliphatic rings. The fraction of sp³-hybridized carbons (Fsp3) is 0.545. The molecule has 0 spiro atoms. The number of nitriles is 2. The minimum atomic E-state index is -6.67. The van der Waals surface area contributed by atoms with E-state index in [1.165, 1.54) is 6.07 Å². The molecule has 5 rings (SSSR count). The third-order valence-corrected chi connectivity index (χ3v) is 11.9. The number of hydrogen-bond acceptors (Lipinski definition) is 8. The first-order chi connectivity index (χ1) is 29.1. The molecule has 2 aliphatic carbocycles. The van der Waals surface area contributed by atoms with Gasteiger partial charge in [0.25, 0.3) is 5.70 Å². The Morgan fingerprint density at radius 1 is 0.714 bits per heavy atom. The van der Waals surface area contributed by atoms with Crippen LogP contribution >= 0.6 is 0 Å². The molecular weight excluding hydrogens is 848 g/mol. The molecule has 0 radical (unpaired) electrons. The van der Waals surface area contributed by atoms with Crippen molar-refractivity contribution in [1.29, 1.82) is 10.5 Å². The Balaban J connectivity index is 1.67. The van der Waals surface area contributed by atoms with Crippen LogP contribution in [0.4, 0.5) is 39.5 Å². The van der Waals surface area contributed by atoms with Crippen LogP contribution in [0.15, 0.2) is 69.3 Å². The van der Waals surface area contributed by atoms with E-state index in [0.29, 0.717) is 69.0 Å². The number of benzene rings is 1. The molecule has 1 aromatic carbocycles. The van der Waals surface area contributed by atoms with Gasteiger partial charge in [0.05, 0.1) is 18.7 Å². The maximum Gasteiger partial charge on any atom is 0.442 e. The lowest BCUT2D eigenvalue weighted by molar-refractivity contribution is -0.376. The number of carbonyl (C=O) groups excluding carboxylic acids is 2. The van der Waals surface area contributed by atoms with E-state index in [-0.39, 0.29) is 55.2 Å². The first-order valence-corrected chi connectivity index (χ1v) is 19.9. The van der Waals surface area contributed by atoms with Crippen molar-refractivity contribution in [2.75, 3.05) is 26.2 Å². The Morgan fingerprint density at radius 2 is 1.21 bits per heavy atom. The van der Waals surface area contributed by atoms with Crippen LogP contribution in [0.3, 0.4) is 0 Å². The van der Waals surface area contributed by atoms with Crippen LogP contribution in [0, 0.1) is 46.6 Å². The zero-order valence-corrected chi connectivity index (χ0v) is 35.0. The summed E-state index contributed by atoms with van der Waals surface area (Å²) in [5.41, 5.74) is -17.7. The molecule has 0 saturated carbocycles. The van der Waals surface area contributed by atoms with E-state index in [2.05, 4.69) is 14.4 Å². The Morgan fingerprint density at radius 3 is 1.67 bits per heavy atom. The number of carbonyl (C=O) groups is 2. The van der Waals surface area contributed by atoms with Gasteiger partial charge in [0.2, 0.25) is 5.60 Å². The number of alkyl halides is 9. The number of esters is 2. The summed E-state index contributed by atoms with van der Waals surface area (Å²) in [4.78, 5) is 37.9. The van der Waals surface area contributed by atoms with Gasteiger partial charge in [-0.1, -0.05) is 45.9 Å². The monoisotopic (exact) mass is 890 g/mol. The standard InChI is InChI=1S/C44H43F9N6O4/c1-38(2)20-28(30(24-54)32(22-38)58-15-8-9-16-58)31(25-55)36(60)63-41(43(48,49)50,44(51,52)53)27-14-12-13-26(19-27)40(5,42(45,46)47)62-37(61)35(57-7)29-21-39(3,4)23-33(34(29)56-6)59-17-10-11-18-59/h12-14,19H,8-11,15-18,20-23H2,1-5H3/b31-28+,35-29-. The molecule has 336 valence electrons. The maximum atomic E-state index is 15.2. The summed E-state index contributed by atoms with van der Waals surface area (Å²) in [5, 5.41) is 20.3. The molecule has 0 bridgehead atoms. The van der Waals surface area contributed by atoms with Gasteiger partial charge in [0.15, 0.2) is 5.70 Å². The number of halogens is 9. The summed E-state index contributed by atoms with van der Waals surface area (Å²) in [6.45, 7) is 24.7. The number of rotatable bonds is 8. The lowest BCUT2D eigenvalue weighted by Gasteiger charge is -2.39. The van der Waals surface area contributed by atoms with E-state index in [1.54, 1.807) is 32.6 Å². The zero-order chi connectivity index (χ0) is 47.1. The van der Waals surface area contributed by atoms with Crippen molar-refractivity contribution in [3.63, 3.8) is 0 Å². The van der Waals surface area contributed by atoms with Crippen molar-refractivity contribution in [3.8, 4) is 12.1 Å². The second-order valence-corrected chi connectivity index (χ2v) is 17.7. The maximum absolute atomic E-state index is 15.2. The first-order valence-electron chi connectivity index (χ1n) is 19.9. The fourth-order valence-electron chi connectivity index (χ4n) is 8.73. The van der Waals surface area contributed by atoms with Crippen LogP contribution in [0.1, 0.15) is 97.1 Å². The molecule has 63 heavy (non-hydrogen) atoms. The van der Waals surface area contributed by atoms with Crippen LogP contribution in [0.2, 0.25) is 0 Å². The minimum absolute atomic E-state index is 0.106. The number of hydrogen-bond donors (Lipinski definition) is 0. The minimum Gasteiger partial charge on any atom is -0.450 e. The molecule has 2 heterocycles. The molecule has 1 unspecified atom stereocenters. The summed E-state index contributed by atoms with van der Waals surface area (Å²) in [6.07, 6.45) is -16.1. The van der Waals surface area contributed by atoms with Crippen LogP contribution in [0.5, 0.6) is 0 Å². The molecule has 2 fully saturated rings. The smallest absolute Gasteiger partial charge is 0.442 e. The molecule has 1 atom stereocenters. The summed E-state index contributed by atoms with van der Waals surface area (Å²) in [6, 6.07) is 3.85. The molecule has 0 amide bonds. The van der Waals surface area contributed by atoms with Gasteiger partial charge in [-0.25, -0.2) is 14.5 Å². The highest BCUT2D eigenvalue weighted by atomic mass is 19.4. The quantitative estimate of drug-likeness (QED) is 0.0833. The molecule has 1 aromatic rings. The number of ether oxygens (including phenoxy) is 2. The summed E-state index contributed by atoms with van der Waals surface area (Å²) in [5.74, 6) is -4.41. The van der Waals surface area contributed by atoms with Crippen LogP contribution in [0.25, 0.3) is 9.69 Å². The molecule has 10 nitrogen and oxygen atoms in total. The van der Waals surface area contributed by atoms with Crippen LogP contribution < -0.4 is 0 Å². The second kappa shape index (κ2) is 17.0. The Labute approximate surface area is 358 Å². The van der Waals surface area contributed by atoms with E-state index < -0.39 is 80.5 Å². The van der Waals surface area contributed by atoms with Gasteiger partial charge < -0.3 is 19.3 Å². The normalized spacial score (nSPS) is 22.0. The average molecular weight is 891 g/mol. The summed E-state index contributed by atoms with van der Waals surface area (Å²) in [7, 11) is 0. The SMILES string of the molecule is [C-]#[N+]C1=C(N2CCCC2)CC(C)(C)C/C1=C(/[N+]#[C-])C(=O)OC(C)(c1cccc(C(OC(=O)/C(C#N)=C2\CC(C)(C)CC(N3CCCC3)=C2C#N)(C(F)(F)F)C(F)(F)F)c1)C(F)(F)F. The topological polar surface area (TPSA) is 115 Å². The predicted octanol–water partition coefficient (Wildman–Crippen LogP) is 10.6. The van der Waals surface area contributed by atoms with Crippen molar-refractivity contribution >= 4 is 11.9 Å². The van der Waals surface area contributed by atoms with Crippen LogP contribution in [-0.2, 0) is 30.3 Å². The van der Waals surface area contributed by atoms with E-state index in [9.17, 15) is 20.1 Å². The largest absolute Gasteiger partial charge is 0.450 e. The molecule has 0 N–H and O–H groups in total. The molecule has 2 aliphatic heterocycles. The highest BCUT2D eigenvalue weighted by Gasteiger charge is 2.76. The van der Waals surface area contributed by atoms with E-state index in [4.69, 9.17) is 17.9 Å². The van der Waals surface area contributed by atoms with E-state index in [1.807, 2.05) is 11.0 Å². The average Bonchev–Trinajstić information content (AvgIpc) is 3.91. The van der Waals surface area contributed by atoms with Gasteiger partial charge in [-0.3, -0.25) is 4.79 Å². The van der Waals surface area contributed by atoms with Gasteiger partial charge in [-0.05, 0) is 86.3 Å². The number of likely N-dealkylation sites (tertiary alicyclic amines) is 2. The first kappa shape index (κ1) is 48.1. The van der Waals surface area contributed by atoms with E-state index >= 15 is 39.5 Å². The van der Waals surface area contributed by atoms with Crippen molar-refractivity contribution < 1.29 is 58.6 Å². The molecule has 19 heteroatoms. The Hall–Kier alpha value is -5.95. The van der Waals surface area contributed by atoms with Crippen molar-refractivity contribution in [2.45, 2.75) is 116 Å². The predicted molar refractivity (Wildman–Crippen MR) is 206 cm³/mol. The van der Waals surface area contributed by atoms with Crippen molar-refractivity contribution in [2.24, 2.45) is 10.8 Å². The summed E-state index contributed by atoms with van der Waals surface area (Å²) < 4.78 is 146. The molecule has 0 aromatic heterocycles. The fourth-order valence-corrected chi connectivity index (χ4v) is 8.73. The van der Waals surface area contributed by atoms with Gasteiger partial charge in [-0.15, -0.1) is 0 Å². The third-order valence-electron chi connectivity index (χ3n) is 11.9. The summed E-state index contributed by atoms with van der Waals surface area (Å²) >= 11 is 0.